The Kier molecular flexibility index (Phi) is 9.27. The number of aromatic nitrogens is 1. The number of rotatable bonds is 5. The van der Waals surface area contributed by atoms with Gasteiger partial charge in [-0.25, -0.2) is 13.2 Å². The third kappa shape index (κ3) is 7.43. The van der Waals surface area contributed by atoms with Crippen LogP contribution in [-0.2, 0) is 14.6 Å². The number of allylic oxidation sites excluding steroid dienone is 1. The molecule has 0 spiro atoms. The molecule has 35 heavy (non-hydrogen) atoms. The zero-order valence-electron chi connectivity index (χ0n) is 18.6. The van der Waals surface area contributed by atoms with Crippen molar-refractivity contribution in [3.8, 4) is 5.75 Å². The summed E-state index contributed by atoms with van der Waals surface area (Å²) in [7, 11) is -4.07. The van der Waals surface area contributed by atoms with Crippen molar-refractivity contribution >= 4 is 39.4 Å². The van der Waals surface area contributed by atoms with Crippen molar-refractivity contribution in [3.05, 3.63) is 58.9 Å². The van der Waals surface area contributed by atoms with Crippen molar-refractivity contribution in [2.75, 3.05) is 5.32 Å². The number of aromatic hydroxyl groups is 1. The molecule has 1 aromatic carbocycles. The van der Waals surface area contributed by atoms with E-state index in [-0.39, 0.29) is 16.8 Å². The van der Waals surface area contributed by atoms with Crippen molar-refractivity contribution in [2.24, 2.45) is 0 Å². The number of carbonyl (C=O) groups excluding carboxylic acids is 2. The number of pyridine rings is 1. The predicted octanol–water partition coefficient (Wildman–Crippen LogP) is 4.95. The average Bonchev–Trinajstić information content (AvgIpc) is 3.19. The molecule has 190 valence electrons. The van der Waals surface area contributed by atoms with Gasteiger partial charge in [-0.3, -0.25) is 9.78 Å². The Morgan fingerprint density at radius 3 is 2.46 bits per heavy atom. The Hall–Kier alpha value is -3.12. The van der Waals surface area contributed by atoms with E-state index in [0.717, 1.165) is 18.4 Å². The first-order valence-corrected chi connectivity index (χ1v) is 12.1. The number of nitrogens with zero attached hydrogens (tertiary/aromatic N) is 1. The number of urea groups is 1. The summed E-state index contributed by atoms with van der Waals surface area (Å²) >= 11 is 6.12. The van der Waals surface area contributed by atoms with Gasteiger partial charge in [-0.15, -0.1) is 0 Å². The first-order valence-electron chi connectivity index (χ1n) is 10.2. The first-order chi connectivity index (χ1) is 16.3. The Morgan fingerprint density at radius 1 is 1.29 bits per heavy atom. The second-order valence-electron chi connectivity index (χ2n) is 7.55. The van der Waals surface area contributed by atoms with Gasteiger partial charge in [-0.2, -0.15) is 13.2 Å². The number of sulfone groups is 1. The lowest BCUT2D eigenvalue weighted by atomic mass is 10.2. The maximum absolute atomic E-state index is 13.1. The highest BCUT2D eigenvalue weighted by Crippen LogP contribution is 2.41. The number of alkyl halides is 3. The summed E-state index contributed by atoms with van der Waals surface area (Å²) < 4.78 is 57.5. The molecule has 13 heteroatoms. The van der Waals surface area contributed by atoms with E-state index < -0.39 is 44.2 Å². The molecule has 3 N–H and O–H groups in total. The molecule has 0 saturated carbocycles. The van der Waals surface area contributed by atoms with Crippen LogP contribution in [0.25, 0.3) is 0 Å². The van der Waals surface area contributed by atoms with Crippen LogP contribution in [-0.4, -0.2) is 43.0 Å². The molecule has 2 aromatic rings. The SMILES string of the molecule is CC1=CCC[C@H]1NC(=O)Nc1ccc(Cl)c(S(=O)(=O)C(C)c2ccccn2)c1O.O=CC(F)(F)F. The molecule has 1 unspecified atom stereocenters. The summed E-state index contributed by atoms with van der Waals surface area (Å²) in [6.07, 6.45) is -0.476. The molecule has 2 amide bonds. The fraction of sp³-hybridized carbons (Fsp3) is 0.318. The molecule has 0 fully saturated rings. The van der Waals surface area contributed by atoms with Crippen LogP contribution in [0.4, 0.5) is 23.7 Å². The lowest BCUT2D eigenvalue weighted by molar-refractivity contribution is -0.156. The van der Waals surface area contributed by atoms with E-state index in [9.17, 15) is 31.5 Å². The molecule has 8 nitrogen and oxygen atoms in total. The van der Waals surface area contributed by atoms with Crippen LogP contribution in [0.15, 0.2) is 53.1 Å². The standard InChI is InChI=1S/C20H22ClN3O4S.C2HF3O/c1-12-6-5-8-15(12)23-20(26)24-17-10-9-14(21)19(18(17)25)29(27,28)13(2)16-7-3-4-11-22-16;3-2(4,5)1-6/h3-4,6-7,9-11,13,15,25H,5,8H2,1-2H3,(H2,23,24,26);1H/t13?,15-;/m1./s1. The number of hydrogen-bond donors (Lipinski definition) is 3. The third-order valence-electron chi connectivity index (χ3n) is 5.10. The highest BCUT2D eigenvalue weighted by atomic mass is 35.5. The highest BCUT2D eigenvalue weighted by Gasteiger charge is 2.32. The number of carbonyl (C=O) groups is 2. The maximum Gasteiger partial charge on any atom is 0.446 e. The monoisotopic (exact) mass is 533 g/mol. The minimum absolute atomic E-state index is 0.0432. The topological polar surface area (TPSA) is 125 Å². The second-order valence-corrected chi connectivity index (χ2v) is 10.2. The molecule has 0 bridgehead atoms. The quantitative estimate of drug-likeness (QED) is 0.283. The fourth-order valence-corrected chi connectivity index (χ4v) is 5.23. The lowest BCUT2D eigenvalue weighted by Crippen LogP contribution is -2.37. The first kappa shape index (κ1) is 28.1. The molecular weight excluding hydrogens is 511 g/mol. The van der Waals surface area contributed by atoms with Gasteiger partial charge in [0.25, 0.3) is 0 Å². The Bertz CT molecular complexity index is 1200. The van der Waals surface area contributed by atoms with E-state index in [2.05, 4.69) is 15.6 Å². The van der Waals surface area contributed by atoms with Crippen LogP contribution in [0.5, 0.6) is 5.75 Å². The van der Waals surface area contributed by atoms with Gasteiger partial charge < -0.3 is 15.7 Å². The molecule has 0 radical (unpaired) electrons. The Morgan fingerprint density at radius 2 is 1.94 bits per heavy atom. The number of aldehydes is 1. The molecule has 1 aliphatic carbocycles. The van der Waals surface area contributed by atoms with Crippen LogP contribution < -0.4 is 10.6 Å². The van der Waals surface area contributed by atoms with Gasteiger partial charge in [0, 0.05) is 6.20 Å². The number of amides is 2. The van der Waals surface area contributed by atoms with Crippen molar-refractivity contribution in [1.82, 2.24) is 10.3 Å². The van der Waals surface area contributed by atoms with Crippen molar-refractivity contribution in [1.29, 1.82) is 0 Å². The largest absolute Gasteiger partial charge is 0.504 e. The summed E-state index contributed by atoms with van der Waals surface area (Å²) in [6, 6.07) is 7.00. The minimum Gasteiger partial charge on any atom is -0.504 e. The number of nitrogens with one attached hydrogen (secondary N) is 2. The van der Waals surface area contributed by atoms with Crippen LogP contribution >= 0.6 is 11.6 Å². The highest BCUT2D eigenvalue weighted by molar-refractivity contribution is 7.91. The number of benzene rings is 1. The van der Waals surface area contributed by atoms with Crippen LogP contribution in [0, 0.1) is 0 Å². The molecule has 0 aliphatic heterocycles. The van der Waals surface area contributed by atoms with E-state index in [1.165, 1.54) is 25.3 Å². The average molecular weight is 534 g/mol. The molecule has 3 rings (SSSR count). The third-order valence-corrected chi connectivity index (χ3v) is 7.68. The summed E-state index contributed by atoms with van der Waals surface area (Å²) in [5.74, 6) is -0.603. The van der Waals surface area contributed by atoms with Crippen molar-refractivity contribution in [3.63, 3.8) is 0 Å². The van der Waals surface area contributed by atoms with Gasteiger partial charge in [-0.1, -0.05) is 29.3 Å². The normalized spacial score (nSPS) is 16.4. The van der Waals surface area contributed by atoms with Crippen LogP contribution in [0.1, 0.15) is 37.6 Å². The van der Waals surface area contributed by atoms with Crippen molar-refractivity contribution in [2.45, 2.75) is 49.1 Å². The zero-order chi connectivity index (χ0) is 26.4. The molecule has 1 aliphatic rings. The van der Waals surface area contributed by atoms with Crippen LogP contribution in [0.3, 0.4) is 0 Å². The Balaban J connectivity index is 0.000000641. The van der Waals surface area contributed by atoms with E-state index in [4.69, 9.17) is 16.4 Å². The predicted molar refractivity (Wildman–Crippen MR) is 124 cm³/mol. The smallest absolute Gasteiger partial charge is 0.446 e. The van der Waals surface area contributed by atoms with Gasteiger partial charge in [0.15, 0.2) is 15.6 Å². The molecule has 2 atom stereocenters. The van der Waals surface area contributed by atoms with E-state index in [1.807, 2.05) is 13.0 Å². The number of anilines is 1. The molecule has 1 aromatic heterocycles. The van der Waals surface area contributed by atoms with Gasteiger partial charge >= 0.3 is 12.2 Å². The minimum atomic E-state index is -4.64. The van der Waals surface area contributed by atoms with Gasteiger partial charge in [0.2, 0.25) is 6.29 Å². The Labute approximate surface area is 205 Å². The lowest BCUT2D eigenvalue weighted by Gasteiger charge is -2.18. The van der Waals surface area contributed by atoms with E-state index in [0.29, 0.717) is 5.69 Å². The summed E-state index contributed by atoms with van der Waals surface area (Å²) in [5.41, 5.74) is 1.34. The summed E-state index contributed by atoms with van der Waals surface area (Å²) in [4.78, 5) is 24.7. The maximum atomic E-state index is 13.1. The van der Waals surface area contributed by atoms with E-state index in [1.54, 1.807) is 18.2 Å². The van der Waals surface area contributed by atoms with Gasteiger partial charge in [0.05, 0.1) is 22.4 Å². The second kappa shape index (κ2) is 11.5. The molecule has 0 saturated heterocycles. The van der Waals surface area contributed by atoms with Crippen LogP contribution in [0.2, 0.25) is 5.02 Å². The van der Waals surface area contributed by atoms with Gasteiger partial charge in [0.1, 0.15) is 10.1 Å². The van der Waals surface area contributed by atoms with Crippen molar-refractivity contribution < 1.29 is 36.3 Å². The number of hydrogen-bond acceptors (Lipinski definition) is 6. The zero-order valence-corrected chi connectivity index (χ0v) is 20.2. The molecule has 1 heterocycles. The number of phenolic OH excluding ortho intramolecular Hbond substituents is 1. The number of phenols is 1. The summed E-state index contributed by atoms with van der Waals surface area (Å²) in [6.45, 7) is 3.40. The number of halogens is 4. The van der Waals surface area contributed by atoms with Gasteiger partial charge in [-0.05, 0) is 51.0 Å². The van der Waals surface area contributed by atoms with E-state index >= 15 is 0 Å². The molecular formula is C22H23ClF3N3O5S. The fourth-order valence-electron chi connectivity index (χ4n) is 3.22. The summed E-state index contributed by atoms with van der Waals surface area (Å²) in [5, 5.41) is 14.8.